The first-order chi connectivity index (χ1) is 11.9. The van der Waals surface area contributed by atoms with Crippen LogP contribution >= 0.6 is 47.8 Å². The van der Waals surface area contributed by atoms with Gasteiger partial charge >= 0.3 is 11.9 Å². The minimum atomic E-state index is -0.309. The standard InChI is InChI=1S/C9H8Br2O2.C9H9BrO2/c1-13-9(12)6-3-2-4-8(11)7(6)5-10;1-6-7(9(11)12-2)4-3-5-8(6)10/h2-4H,5H2,1H3;3-5H,1-2H3. The highest BCUT2D eigenvalue weighted by molar-refractivity contribution is 9.11. The van der Waals surface area contributed by atoms with E-state index in [1.54, 1.807) is 12.1 Å². The monoisotopic (exact) mass is 534 g/mol. The molecule has 0 fully saturated rings. The first kappa shape index (κ1) is 21.9. The molecule has 0 heterocycles. The van der Waals surface area contributed by atoms with Crippen molar-refractivity contribution in [2.75, 3.05) is 14.2 Å². The minimum absolute atomic E-state index is 0.297. The fourth-order valence-corrected chi connectivity index (χ4v) is 3.79. The predicted molar refractivity (Wildman–Crippen MR) is 108 cm³/mol. The van der Waals surface area contributed by atoms with Crippen molar-refractivity contribution in [3.05, 3.63) is 67.6 Å². The van der Waals surface area contributed by atoms with Gasteiger partial charge in [0, 0.05) is 14.3 Å². The molecule has 7 heteroatoms. The summed E-state index contributed by atoms with van der Waals surface area (Å²) in [5.41, 5.74) is 3.01. The van der Waals surface area contributed by atoms with Crippen molar-refractivity contribution < 1.29 is 19.1 Å². The van der Waals surface area contributed by atoms with Gasteiger partial charge in [0.05, 0.1) is 25.3 Å². The molecule has 0 unspecified atom stereocenters. The number of carbonyl (C=O) groups is 2. The molecule has 0 amide bonds. The quantitative estimate of drug-likeness (QED) is 0.374. The van der Waals surface area contributed by atoms with Crippen LogP contribution in [0, 0.1) is 6.92 Å². The van der Waals surface area contributed by atoms with E-state index in [1.165, 1.54) is 14.2 Å². The SMILES string of the molecule is COC(=O)c1cccc(Br)c1C.COC(=O)c1cccc(Br)c1CBr. The number of hydrogen-bond acceptors (Lipinski definition) is 4. The second-order valence-corrected chi connectivity index (χ2v) is 7.06. The van der Waals surface area contributed by atoms with Gasteiger partial charge in [-0.1, -0.05) is 59.9 Å². The number of rotatable bonds is 3. The molecule has 0 aliphatic rings. The number of carbonyl (C=O) groups excluding carboxylic acids is 2. The molecule has 2 rings (SSSR count). The average molecular weight is 537 g/mol. The van der Waals surface area contributed by atoms with E-state index in [-0.39, 0.29) is 11.9 Å². The lowest BCUT2D eigenvalue weighted by atomic mass is 10.1. The first-order valence-electron chi connectivity index (χ1n) is 7.12. The van der Waals surface area contributed by atoms with Crippen molar-refractivity contribution in [1.29, 1.82) is 0 Å². The van der Waals surface area contributed by atoms with Crippen LogP contribution in [0.2, 0.25) is 0 Å². The minimum Gasteiger partial charge on any atom is -0.465 e. The number of ether oxygens (including phenoxy) is 2. The van der Waals surface area contributed by atoms with Crippen LogP contribution in [0.4, 0.5) is 0 Å². The van der Waals surface area contributed by atoms with Crippen LogP contribution in [0.5, 0.6) is 0 Å². The van der Waals surface area contributed by atoms with Crippen LogP contribution in [0.1, 0.15) is 31.8 Å². The van der Waals surface area contributed by atoms with Crippen LogP contribution in [0.25, 0.3) is 0 Å². The number of benzene rings is 2. The normalized spacial score (nSPS) is 9.68. The maximum atomic E-state index is 11.3. The van der Waals surface area contributed by atoms with E-state index in [0.717, 1.165) is 20.1 Å². The summed E-state index contributed by atoms with van der Waals surface area (Å²) in [6.07, 6.45) is 0. The van der Waals surface area contributed by atoms with Crippen molar-refractivity contribution in [3.8, 4) is 0 Å². The molecule has 25 heavy (non-hydrogen) atoms. The molecule has 4 nitrogen and oxygen atoms in total. The molecule has 0 aliphatic heterocycles. The fourth-order valence-electron chi connectivity index (χ4n) is 1.93. The molecule has 0 saturated carbocycles. The summed E-state index contributed by atoms with van der Waals surface area (Å²) in [7, 11) is 2.75. The molecule has 0 N–H and O–H groups in total. The van der Waals surface area contributed by atoms with E-state index < -0.39 is 0 Å². The third kappa shape index (κ3) is 5.94. The second kappa shape index (κ2) is 10.7. The Labute approximate surface area is 172 Å². The van der Waals surface area contributed by atoms with Gasteiger partial charge in [-0.05, 0) is 42.3 Å². The molecule has 0 atom stereocenters. The van der Waals surface area contributed by atoms with Crippen molar-refractivity contribution in [1.82, 2.24) is 0 Å². The summed E-state index contributed by atoms with van der Waals surface area (Å²) in [6, 6.07) is 10.9. The van der Waals surface area contributed by atoms with Crippen molar-refractivity contribution in [3.63, 3.8) is 0 Å². The van der Waals surface area contributed by atoms with E-state index in [0.29, 0.717) is 16.5 Å². The summed E-state index contributed by atoms with van der Waals surface area (Å²) in [5.74, 6) is -0.607. The van der Waals surface area contributed by atoms with Crippen LogP contribution < -0.4 is 0 Å². The third-order valence-electron chi connectivity index (χ3n) is 3.33. The van der Waals surface area contributed by atoms with Crippen LogP contribution in [-0.2, 0) is 14.8 Å². The lowest BCUT2D eigenvalue weighted by molar-refractivity contribution is 0.0590. The highest BCUT2D eigenvalue weighted by atomic mass is 79.9. The van der Waals surface area contributed by atoms with Gasteiger partial charge in [0.15, 0.2) is 0 Å². The highest BCUT2D eigenvalue weighted by Crippen LogP contribution is 2.23. The summed E-state index contributed by atoms with van der Waals surface area (Å²) in [5, 5.41) is 0.624. The molecule has 2 aromatic rings. The van der Waals surface area contributed by atoms with E-state index in [1.807, 2.05) is 31.2 Å². The topological polar surface area (TPSA) is 52.6 Å². The van der Waals surface area contributed by atoms with E-state index in [2.05, 4.69) is 57.3 Å². The highest BCUT2D eigenvalue weighted by Gasteiger charge is 2.12. The van der Waals surface area contributed by atoms with Crippen LogP contribution in [0.15, 0.2) is 45.3 Å². The Balaban J connectivity index is 0.000000251. The van der Waals surface area contributed by atoms with Gasteiger partial charge in [-0.3, -0.25) is 0 Å². The number of halogens is 3. The lowest BCUT2D eigenvalue weighted by Crippen LogP contribution is -2.04. The van der Waals surface area contributed by atoms with Gasteiger partial charge in [0.25, 0.3) is 0 Å². The molecule has 134 valence electrons. The van der Waals surface area contributed by atoms with E-state index in [4.69, 9.17) is 0 Å². The van der Waals surface area contributed by atoms with Gasteiger partial charge in [-0.15, -0.1) is 0 Å². The zero-order valence-corrected chi connectivity index (χ0v) is 18.7. The zero-order chi connectivity index (χ0) is 19.0. The predicted octanol–water partition coefficient (Wildman–Crippen LogP) is 5.67. The molecular formula is C18H17Br3O4. The number of methoxy groups -OCH3 is 2. The first-order valence-corrected chi connectivity index (χ1v) is 9.83. The number of hydrogen-bond donors (Lipinski definition) is 0. The van der Waals surface area contributed by atoms with Gasteiger partial charge in [-0.2, -0.15) is 0 Å². The molecule has 0 radical (unpaired) electrons. The molecule has 0 spiro atoms. The smallest absolute Gasteiger partial charge is 0.338 e. The van der Waals surface area contributed by atoms with Crippen molar-refractivity contribution in [2.45, 2.75) is 12.3 Å². The average Bonchev–Trinajstić information content (AvgIpc) is 2.63. The fraction of sp³-hybridized carbons (Fsp3) is 0.222. The Morgan fingerprint density at radius 1 is 0.880 bits per heavy atom. The molecule has 2 aromatic carbocycles. The second-order valence-electron chi connectivity index (χ2n) is 4.80. The van der Waals surface area contributed by atoms with Crippen LogP contribution in [-0.4, -0.2) is 26.2 Å². The van der Waals surface area contributed by atoms with Crippen molar-refractivity contribution in [2.24, 2.45) is 0 Å². The number of esters is 2. The summed E-state index contributed by atoms with van der Waals surface area (Å²) in [4.78, 5) is 22.4. The Hall–Kier alpha value is -1.18. The van der Waals surface area contributed by atoms with Gasteiger partial charge in [0.1, 0.15) is 0 Å². The molecule has 0 saturated heterocycles. The summed E-state index contributed by atoms with van der Waals surface area (Å²) in [6.45, 7) is 1.87. The third-order valence-corrected chi connectivity index (χ3v) is 5.49. The Morgan fingerprint density at radius 2 is 1.36 bits per heavy atom. The molecule has 0 aliphatic carbocycles. The van der Waals surface area contributed by atoms with Crippen molar-refractivity contribution >= 4 is 59.7 Å². The maximum absolute atomic E-state index is 11.3. The summed E-state index contributed by atoms with van der Waals surface area (Å²) < 4.78 is 11.1. The van der Waals surface area contributed by atoms with E-state index >= 15 is 0 Å². The number of alkyl halides is 1. The maximum Gasteiger partial charge on any atom is 0.338 e. The van der Waals surface area contributed by atoms with Crippen LogP contribution in [0.3, 0.4) is 0 Å². The summed E-state index contributed by atoms with van der Waals surface area (Å²) >= 11 is 10.0. The Bertz CT molecular complexity index is 760. The largest absolute Gasteiger partial charge is 0.465 e. The lowest BCUT2D eigenvalue weighted by Gasteiger charge is -2.06. The zero-order valence-electron chi connectivity index (χ0n) is 13.9. The van der Waals surface area contributed by atoms with Gasteiger partial charge < -0.3 is 9.47 Å². The van der Waals surface area contributed by atoms with Gasteiger partial charge in [0.2, 0.25) is 0 Å². The Kier molecular flexibility index (Phi) is 9.38. The van der Waals surface area contributed by atoms with Gasteiger partial charge in [-0.25, -0.2) is 9.59 Å². The Morgan fingerprint density at radius 3 is 1.88 bits per heavy atom. The molecular weight excluding hydrogens is 520 g/mol. The molecule has 0 aromatic heterocycles. The molecule has 0 bridgehead atoms. The van der Waals surface area contributed by atoms with E-state index in [9.17, 15) is 9.59 Å².